The minimum Gasteiger partial charge on any atom is -0.310 e. The number of rotatable bonds is 6. The van der Waals surface area contributed by atoms with Crippen LogP contribution in [0.15, 0.2) is 188 Å². The zero-order chi connectivity index (χ0) is 37.8. The molecule has 8 aromatic carbocycles. The van der Waals surface area contributed by atoms with Gasteiger partial charge in [-0.05, 0) is 107 Å². The second kappa shape index (κ2) is 12.1. The molecule has 12 rings (SSSR count). The van der Waals surface area contributed by atoms with E-state index in [1.54, 1.807) is 0 Å². The molecule has 11 aromatic rings. The Kier molecular flexibility index (Phi) is 6.85. The van der Waals surface area contributed by atoms with Crippen molar-refractivity contribution in [3.63, 3.8) is 0 Å². The largest absolute Gasteiger partial charge is 0.310 e. The van der Waals surface area contributed by atoms with Crippen molar-refractivity contribution in [2.45, 2.75) is 19.3 Å². The molecule has 0 N–H and O–H groups in total. The van der Waals surface area contributed by atoms with Crippen molar-refractivity contribution < 1.29 is 0 Å². The van der Waals surface area contributed by atoms with E-state index in [1.807, 2.05) is 11.3 Å². The van der Waals surface area contributed by atoms with Gasteiger partial charge in [-0.25, -0.2) is 0 Å². The molecule has 0 bridgehead atoms. The van der Waals surface area contributed by atoms with Gasteiger partial charge in [0.2, 0.25) is 0 Å². The monoisotopic (exact) mass is 747 g/mol. The summed E-state index contributed by atoms with van der Waals surface area (Å²) in [5.41, 5.74) is 13.5. The summed E-state index contributed by atoms with van der Waals surface area (Å²) in [4.78, 5) is 6.04. The lowest BCUT2D eigenvalue weighted by Crippen LogP contribution is -2.17. The van der Waals surface area contributed by atoms with Crippen LogP contribution >= 0.6 is 11.3 Å². The Morgan fingerprint density at radius 1 is 0.456 bits per heavy atom. The normalized spacial score (nSPS) is 13.2. The van der Waals surface area contributed by atoms with Gasteiger partial charge in [-0.1, -0.05) is 117 Å². The maximum Gasteiger partial charge on any atom is 0.109 e. The average molecular weight is 748 g/mol. The third-order valence-electron chi connectivity index (χ3n) is 12.2. The summed E-state index contributed by atoms with van der Waals surface area (Å²) >= 11 is 1.92. The van der Waals surface area contributed by atoms with E-state index in [1.165, 1.54) is 69.7 Å². The van der Waals surface area contributed by atoms with E-state index in [0.29, 0.717) is 0 Å². The van der Waals surface area contributed by atoms with Gasteiger partial charge in [0.15, 0.2) is 0 Å². The van der Waals surface area contributed by atoms with Crippen LogP contribution in [0, 0.1) is 0 Å². The van der Waals surface area contributed by atoms with Crippen molar-refractivity contribution in [2.24, 2.45) is 0 Å². The number of hydrogen-bond donors (Lipinski definition) is 0. The molecule has 0 amide bonds. The first kappa shape index (κ1) is 32.4. The van der Waals surface area contributed by atoms with Gasteiger partial charge >= 0.3 is 0 Å². The summed E-state index contributed by atoms with van der Waals surface area (Å²) in [5.74, 6) is 0. The molecule has 0 aliphatic heterocycles. The Balaban J connectivity index is 1.04. The van der Waals surface area contributed by atoms with Crippen LogP contribution in [0.3, 0.4) is 0 Å². The molecule has 1 aliphatic rings. The SMILES string of the molecule is CC1(C)c2cc3cc(N(c4ccccc4)c4ccccc4)ccc3cc2-c2c1n1c3sc4cc(N(c5ccccc5)c5ccccc5)ccc4c3c3cccc2c31. The lowest BCUT2D eigenvalue weighted by molar-refractivity contribution is 0.635. The van der Waals surface area contributed by atoms with Gasteiger partial charge in [-0.3, -0.25) is 0 Å². The summed E-state index contributed by atoms with van der Waals surface area (Å²) in [6.45, 7) is 4.85. The van der Waals surface area contributed by atoms with E-state index in [0.717, 1.165) is 34.1 Å². The number of para-hydroxylation sites is 5. The number of aromatic nitrogens is 1. The lowest BCUT2D eigenvalue weighted by Gasteiger charge is -2.26. The zero-order valence-electron chi connectivity index (χ0n) is 31.6. The minimum absolute atomic E-state index is 0.218. The molecule has 57 heavy (non-hydrogen) atoms. The molecule has 1 aliphatic carbocycles. The van der Waals surface area contributed by atoms with Crippen molar-refractivity contribution in [3.8, 4) is 11.1 Å². The Hall–Kier alpha value is -6.88. The maximum atomic E-state index is 2.63. The third kappa shape index (κ3) is 4.65. The van der Waals surface area contributed by atoms with Gasteiger partial charge in [0.25, 0.3) is 0 Å². The summed E-state index contributed by atoms with van der Waals surface area (Å²) in [7, 11) is 0. The summed E-state index contributed by atoms with van der Waals surface area (Å²) in [6, 6.07) is 68.6. The predicted molar refractivity (Wildman–Crippen MR) is 243 cm³/mol. The van der Waals surface area contributed by atoms with E-state index in [4.69, 9.17) is 0 Å². The highest BCUT2D eigenvalue weighted by molar-refractivity contribution is 7.25. The molecular weight excluding hydrogens is 711 g/mol. The fourth-order valence-electron chi connectivity index (χ4n) is 9.71. The van der Waals surface area contributed by atoms with E-state index < -0.39 is 0 Å². The average Bonchev–Trinajstić information content (AvgIpc) is 3.96. The zero-order valence-corrected chi connectivity index (χ0v) is 32.5. The first-order valence-corrected chi connectivity index (χ1v) is 20.5. The van der Waals surface area contributed by atoms with Gasteiger partial charge < -0.3 is 14.2 Å². The number of anilines is 6. The summed E-state index contributed by atoms with van der Waals surface area (Å²) in [6.07, 6.45) is 0. The molecule has 0 unspecified atom stereocenters. The van der Waals surface area contributed by atoms with Crippen LogP contribution in [0.5, 0.6) is 0 Å². The van der Waals surface area contributed by atoms with E-state index in [-0.39, 0.29) is 5.41 Å². The van der Waals surface area contributed by atoms with Gasteiger partial charge in [-0.2, -0.15) is 0 Å². The number of thiophene rings is 1. The Morgan fingerprint density at radius 2 is 1.00 bits per heavy atom. The molecule has 0 saturated carbocycles. The lowest BCUT2D eigenvalue weighted by atomic mass is 9.84. The number of hydrogen-bond acceptors (Lipinski definition) is 3. The fraction of sp³-hybridized carbons (Fsp3) is 0.0566. The van der Waals surface area contributed by atoms with Crippen molar-refractivity contribution in [3.05, 3.63) is 199 Å². The number of fused-ring (bicyclic) bond motifs is 11. The summed E-state index contributed by atoms with van der Waals surface area (Å²) in [5, 5.41) is 7.87. The quantitative estimate of drug-likeness (QED) is 0.168. The molecule has 0 saturated heterocycles. The Morgan fingerprint density at radius 3 is 1.60 bits per heavy atom. The van der Waals surface area contributed by atoms with Gasteiger partial charge in [-0.15, -0.1) is 11.3 Å². The van der Waals surface area contributed by atoms with Gasteiger partial charge in [0.05, 0.1) is 5.52 Å². The van der Waals surface area contributed by atoms with Crippen LogP contribution in [0.4, 0.5) is 34.1 Å². The van der Waals surface area contributed by atoms with Crippen molar-refractivity contribution in [1.82, 2.24) is 4.40 Å². The highest BCUT2D eigenvalue weighted by Crippen LogP contribution is 2.57. The van der Waals surface area contributed by atoms with Crippen LogP contribution in [-0.4, -0.2) is 4.40 Å². The van der Waals surface area contributed by atoms with Crippen molar-refractivity contribution in [1.29, 1.82) is 0 Å². The van der Waals surface area contributed by atoms with Crippen molar-refractivity contribution in [2.75, 3.05) is 9.80 Å². The maximum absolute atomic E-state index is 2.63. The molecule has 3 aromatic heterocycles. The van der Waals surface area contributed by atoms with Crippen LogP contribution in [0.2, 0.25) is 0 Å². The van der Waals surface area contributed by atoms with Crippen LogP contribution < -0.4 is 9.80 Å². The second-order valence-electron chi connectivity index (χ2n) is 15.8. The number of nitrogens with zero attached hydrogens (tertiary/aromatic N) is 3. The third-order valence-corrected chi connectivity index (χ3v) is 13.3. The van der Waals surface area contributed by atoms with Crippen LogP contribution in [-0.2, 0) is 5.41 Å². The van der Waals surface area contributed by atoms with Crippen LogP contribution in [0.25, 0.3) is 58.5 Å². The molecule has 4 heteroatoms. The first-order valence-electron chi connectivity index (χ1n) is 19.7. The van der Waals surface area contributed by atoms with Crippen LogP contribution in [0.1, 0.15) is 25.1 Å². The predicted octanol–water partition coefficient (Wildman–Crippen LogP) is 15.3. The highest BCUT2D eigenvalue weighted by atomic mass is 32.1. The molecular formula is C53H37N3S. The molecule has 3 nitrogen and oxygen atoms in total. The van der Waals surface area contributed by atoms with Gasteiger partial charge in [0, 0.05) is 77.0 Å². The van der Waals surface area contributed by atoms with Crippen molar-refractivity contribution >= 4 is 92.8 Å². The molecule has 0 spiro atoms. The molecule has 3 heterocycles. The van der Waals surface area contributed by atoms with E-state index >= 15 is 0 Å². The highest BCUT2D eigenvalue weighted by Gasteiger charge is 2.42. The Labute approximate surface area is 335 Å². The van der Waals surface area contributed by atoms with E-state index in [2.05, 4.69) is 216 Å². The molecule has 0 radical (unpaired) electrons. The standard InChI is InChI=1S/C53H37N3S/c1-53(2)46-32-35-30-40(54(36-16-7-3-8-17-36)37-18-9-4-10-19-37)27-26-34(35)31-45(46)48-43-24-15-25-44-49-42-29-28-41(33-47(42)57-52(49)56(50(43)44)51(48)53)55(38-20-11-5-12-21-38)39-22-13-6-14-23-39/h3-33H,1-2H3. The minimum atomic E-state index is -0.218. The molecule has 0 fully saturated rings. The fourth-order valence-corrected chi connectivity index (χ4v) is 11.0. The Bertz CT molecular complexity index is 3230. The summed E-state index contributed by atoms with van der Waals surface area (Å²) < 4.78 is 3.93. The van der Waals surface area contributed by atoms with E-state index in [9.17, 15) is 0 Å². The topological polar surface area (TPSA) is 10.9 Å². The molecule has 270 valence electrons. The number of benzene rings is 8. The first-order chi connectivity index (χ1) is 28.0. The second-order valence-corrected chi connectivity index (χ2v) is 16.8. The van der Waals surface area contributed by atoms with Gasteiger partial charge in [0.1, 0.15) is 4.83 Å². The molecule has 0 atom stereocenters. The smallest absolute Gasteiger partial charge is 0.109 e.